The first-order chi connectivity index (χ1) is 21.3. The standard InChI is InChI=1S/C28H32ClF3N7O5S/c1-45(42,43)38-12-10-36(11-13-38)8-2-14-44-26-6-3-19(15-23(26)29)35-27-21-7-9-37(17-24(21)33-18-34-27)20-4-5-25(39(40)41)22(16-20)28(30,31)32/h3-6,15-16,18,39H,2,7-14,17H2,1H3,(H,33,34,35)/q-1. The average molecular weight is 671 g/mol. The number of hydrogen-bond donors (Lipinski definition) is 2. The molecule has 2 N–H and O–H groups in total. The molecule has 2 aliphatic heterocycles. The van der Waals surface area contributed by atoms with Crippen molar-refractivity contribution in [2.45, 2.75) is 25.6 Å². The molecule has 1 fully saturated rings. The second kappa shape index (κ2) is 13.6. The Kier molecular flexibility index (Phi) is 10.0. The van der Waals surface area contributed by atoms with Gasteiger partial charge in [0.1, 0.15) is 29.1 Å². The zero-order valence-corrected chi connectivity index (χ0v) is 25.9. The van der Waals surface area contributed by atoms with Crippen LogP contribution in [0.1, 0.15) is 23.2 Å². The number of nitrogens with zero attached hydrogens (tertiary/aromatic N) is 5. The van der Waals surface area contributed by atoms with Crippen molar-refractivity contribution in [3.8, 4) is 5.75 Å². The van der Waals surface area contributed by atoms with E-state index in [0.29, 0.717) is 73.7 Å². The van der Waals surface area contributed by atoms with Crippen LogP contribution in [-0.2, 0) is 29.2 Å². The van der Waals surface area contributed by atoms with Gasteiger partial charge in [0.05, 0.1) is 30.1 Å². The third kappa shape index (κ3) is 8.13. The van der Waals surface area contributed by atoms with Crippen molar-refractivity contribution < 1.29 is 31.6 Å². The Morgan fingerprint density at radius 1 is 1.07 bits per heavy atom. The molecule has 0 amide bonds. The van der Waals surface area contributed by atoms with Gasteiger partial charge in [-0.1, -0.05) is 11.6 Å². The van der Waals surface area contributed by atoms with E-state index < -0.39 is 32.7 Å². The quantitative estimate of drug-likeness (QED) is 0.244. The molecule has 0 bridgehead atoms. The number of anilines is 3. The summed E-state index contributed by atoms with van der Waals surface area (Å²) < 4.78 is 71.3. The predicted octanol–water partition coefficient (Wildman–Crippen LogP) is 3.31. The first-order valence-corrected chi connectivity index (χ1v) is 16.4. The summed E-state index contributed by atoms with van der Waals surface area (Å²) in [4.78, 5) is 12.6. The van der Waals surface area contributed by atoms with Gasteiger partial charge in [0.25, 0.3) is 0 Å². The molecule has 0 spiro atoms. The van der Waals surface area contributed by atoms with Crippen LogP contribution in [0.4, 0.5) is 36.1 Å². The lowest BCUT2D eigenvalue weighted by atomic mass is 10.0. The lowest BCUT2D eigenvalue weighted by Crippen LogP contribution is -2.96. The van der Waals surface area contributed by atoms with Crippen molar-refractivity contribution in [2.24, 2.45) is 0 Å². The Balaban J connectivity index is 1.17. The van der Waals surface area contributed by atoms with E-state index in [-0.39, 0.29) is 12.2 Å². The second-order valence-electron chi connectivity index (χ2n) is 10.8. The molecule has 12 nitrogen and oxygen atoms in total. The number of sulfonamides is 1. The summed E-state index contributed by atoms with van der Waals surface area (Å²) in [5.41, 5.74) is 0.153. The summed E-state index contributed by atoms with van der Waals surface area (Å²) in [6.07, 6.45) is -1.08. The highest BCUT2D eigenvalue weighted by atomic mass is 35.5. The van der Waals surface area contributed by atoms with E-state index in [1.165, 1.54) is 23.0 Å². The smallest absolute Gasteiger partial charge is 0.422 e. The van der Waals surface area contributed by atoms with Crippen LogP contribution >= 0.6 is 11.6 Å². The number of piperazine rings is 1. The minimum Gasteiger partial charge on any atom is -0.628 e. The molecule has 17 heteroatoms. The maximum atomic E-state index is 13.5. The average Bonchev–Trinajstić information content (AvgIpc) is 2.99. The zero-order chi connectivity index (χ0) is 32.4. The molecule has 0 unspecified atom stereocenters. The molecule has 1 saturated heterocycles. The summed E-state index contributed by atoms with van der Waals surface area (Å²) in [5, 5.41) is 24.2. The molecule has 0 saturated carbocycles. The molecule has 0 radical (unpaired) electrons. The Morgan fingerprint density at radius 3 is 2.49 bits per heavy atom. The molecule has 45 heavy (non-hydrogen) atoms. The van der Waals surface area contributed by atoms with Crippen LogP contribution in [0.5, 0.6) is 5.75 Å². The summed E-state index contributed by atoms with van der Waals surface area (Å²) in [6, 6.07) is 8.33. The van der Waals surface area contributed by atoms with Crippen LogP contribution in [0.2, 0.25) is 5.02 Å². The van der Waals surface area contributed by atoms with Crippen LogP contribution in [0.3, 0.4) is 0 Å². The van der Waals surface area contributed by atoms with Crippen LogP contribution in [0, 0.1) is 10.4 Å². The summed E-state index contributed by atoms with van der Waals surface area (Å²) in [7, 11) is -3.16. The molecule has 3 aromatic rings. The molecule has 2 aromatic carbocycles. The van der Waals surface area contributed by atoms with Gasteiger partial charge < -0.3 is 35.5 Å². The number of hydrogen-bond acceptors (Lipinski definition) is 10. The molecular weight excluding hydrogens is 639 g/mol. The largest absolute Gasteiger partial charge is 0.628 e. The highest BCUT2D eigenvalue weighted by Gasteiger charge is 2.36. The van der Waals surface area contributed by atoms with Crippen molar-refractivity contribution in [1.29, 1.82) is 0 Å². The summed E-state index contributed by atoms with van der Waals surface area (Å²) in [5.74, 6) is 1.07. The summed E-state index contributed by atoms with van der Waals surface area (Å²) in [6.45, 7) is 4.10. The van der Waals surface area contributed by atoms with E-state index in [4.69, 9.17) is 16.3 Å². The molecule has 0 aliphatic carbocycles. The fourth-order valence-electron chi connectivity index (χ4n) is 5.41. The minimum atomic E-state index is -4.85. The van der Waals surface area contributed by atoms with Gasteiger partial charge in [-0.25, -0.2) is 18.4 Å². The predicted molar refractivity (Wildman–Crippen MR) is 163 cm³/mol. The number of quaternary nitrogens is 1. The lowest BCUT2D eigenvalue weighted by Gasteiger charge is -2.33. The Hall–Kier alpha value is -3.25. The van der Waals surface area contributed by atoms with Gasteiger partial charge in [-0.05, 0) is 43.2 Å². The molecule has 2 aliphatic rings. The number of halogens is 4. The number of aromatic nitrogens is 2. The monoisotopic (exact) mass is 670 g/mol. The Bertz CT molecular complexity index is 1620. The van der Waals surface area contributed by atoms with Crippen LogP contribution < -0.4 is 20.2 Å². The van der Waals surface area contributed by atoms with Crippen molar-refractivity contribution in [3.05, 3.63) is 75.0 Å². The van der Waals surface area contributed by atoms with E-state index in [0.717, 1.165) is 30.7 Å². The maximum absolute atomic E-state index is 13.5. The number of rotatable bonds is 10. The fraction of sp³-hybridized carbons (Fsp3) is 0.429. The fourth-order valence-corrected chi connectivity index (χ4v) is 6.47. The number of alkyl halides is 3. The third-order valence-corrected chi connectivity index (χ3v) is 9.37. The molecule has 244 valence electrons. The van der Waals surface area contributed by atoms with E-state index in [2.05, 4.69) is 20.2 Å². The molecular formula is C28H32ClF3N7O5S-. The molecule has 5 rings (SSSR count). The molecule has 3 heterocycles. The lowest BCUT2D eigenvalue weighted by molar-refractivity contribution is -0.716. The Labute approximate surface area is 263 Å². The number of nitrogens with one attached hydrogen (secondary N) is 2. The normalized spacial score (nSPS) is 16.6. The van der Waals surface area contributed by atoms with Crippen LogP contribution in [0.25, 0.3) is 0 Å². The highest BCUT2D eigenvalue weighted by Crippen LogP contribution is 2.37. The summed E-state index contributed by atoms with van der Waals surface area (Å²) >= 11 is 6.49. The zero-order valence-electron chi connectivity index (χ0n) is 24.3. The minimum absolute atomic E-state index is 0.204. The van der Waals surface area contributed by atoms with Gasteiger partial charge in [-0.2, -0.15) is 17.5 Å². The van der Waals surface area contributed by atoms with Crippen LogP contribution in [0.15, 0.2) is 42.7 Å². The van der Waals surface area contributed by atoms with Gasteiger partial charge in [-0.3, -0.25) is 0 Å². The van der Waals surface area contributed by atoms with Gasteiger partial charge >= 0.3 is 6.18 Å². The SMILES string of the molecule is CS(=O)(=O)N1CCN(CCCOc2ccc(Nc3ncnc4c3CCN(c3ccc([NH+]([O-])[O-])c(C(F)(F)F)c3)C4)cc2Cl)CC1. The van der Waals surface area contributed by atoms with E-state index >= 15 is 0 Å². The van der Waals surface area contributed by atoms with E-state index in [9.17, 15) is 32.0 Å². The topological polar surface area (TPSA) is 141 Å². The van der Waals surface area contributed by atoms with Gasteiger partial charge in [0.2, 0.25) is 10.0 Å². The van der Waals surface area contributed by atoms with Gasteiger partial charge in [0, 0.05) is 62.3 Å². The maximum Gasteiger partial charge on any atom is 0.422 e. The van der Waals surface area contributed by atoms with Crippen LogP contribution in [-0.4, -0.2) is 79.7 Å². The van der Waals surface area contributed by atoms with Crippen molar-refractivity contribution in [1.82, 2.24) is 19.2 Å². The number of ether oxygens (including phenoxy) is 1. The third-order valence-electron chi connectivity index (χ3n) is 7.77. The van der Waals surface area contributed by atoms with E-state index in [1.54, 1.807) is 23.1 Å². The van der Waals surface area contributed by atoms with Gasteiger partial charge in [-0.15, -0.1) is 0 Å². The van der Waals surface area contributed by atoms with Crippen molar-refractivity contribution in [3.63, 3.8) is 0 Å². The number of benzene rings is 2. The molecule has 0 atom stereocenters. The first-order valence-electron chi connectivity index (χ1n) is 14.2. The van der Waals surface area contributed by atoms with Crippen molar-refractivity contribution >= 4 is 44.5 Å². The Morgan fingerprint density at radius 2 is 1.82 bits per heavy atom. The second-order valence-corrected chi connectivity index (χ2v) is 13.2. The van der Waals surface area contributed by atoms with Crippen molar-refractivity contribution in [2.75, 3.05) is 62.3 Å². The first kappa shape index (κ1) is 33.1. The van der Waals surface area contributed by atoms with Gasteiger partial charge in [0.15, 0.2) is 0 Å². The molecule has 1 aromatic heterocycles. The highest BCUT2D eigenvalue weighted by molar-refractivity contribution is 7.88. The number of fused-ring (bicyclic) bond motifs is 1. The van der Waals surface area contributed by atoms with E-state index in [1.807, 2.05) is 0 Å².